The van der Waals surface area contributed by atoms with Crippen LogP contribution in [0.5, 0.6) is 0 Å². The molecule has 2 aliphatic heterocycles. The molecule has 7 nitrogen and oxygen atoms in total. The average Bonchev–Trinajstić information content (AvgIpc) is 3.41. The van der Waals surface area contributed by atoms with Crippen LogP contribution < -0.4 is 10.6 Å². The zero-order valence-corrected chi connectivity index (χ0v) is 16.6. The zero-order valence-electron chi connectivity index (χ0n) is 15.8. The molecule has 3 aliphatic rings. The average molecular weight is 407 g/mol. The van der Waals surface area contributed by atoms with E-state index in [4.69, 9.17) is 0 Å². The lowest BCUT2D eigenvalue weighted by Gasteiger charge is -2.15. The first kappa shape index (κ1) is 18.2. The summed E-state index contributed by atoms with van der Waals surface area (Å²) in [5, 5.41) is 8.96. The van der Waals surface area contributed by atoms with Crippen LogP contribution >= 0.6 is 11.3 Å². The molecule has 0 bridgehead atoms. The number of pyridine rings is 1. The third-order valence-electron chi connectivity index (χ3n) is 5.67. The number of hydrogen-bond acceptors (Lipinski definition) is 6. The van der Waals surface area contributed by atoms with Gasteiger partial charge in [0.2, 0.25) is 11.8 Å². The van der Waals surface area contributed by atoms with Crippen molar-refractivity contribution in [2.75, 3.05) is 25.0 Å². The molecule has 2 amide bonds. The lowest BCUT2D eigenvalue weighted by molar-refractivity contribution is -0.125. The molecule has 5 rings (SSSR count). The minimum atomic E-state index is -0.0960. The van der Waals surface area contributed by atoms with E-state index in [1.807, 2.05) is 22.5 Å². The van der Waals surface area contributed by atoms with Crippen LogP contribution in [0.25, 0.3) is 11.6 Å². The number of nitrogens with zero attached hydrogens (tertiary/aromatic N) is 3. The minimum Gasteiger partial charge on any atom is -0.338 e. The minimum absolute atomic E-state index is 0.0324. The molecule has 2 unspecified atom stereocenters. The fourth-order valence-corrected chi connectivity index (χ4v) is 4.93. The maximum absolute atomic E-state index is 12.7. The van der Waals surface area contributed by atoms with Crippen molar-refractivity contribution in [2.24, 2.45) is 11.8 Å². The SMILES string of the molecule is O=C1CNCc2cc(C=CC(=O)N3CC4C=C(c5nccs5)CC4C3)cnc2N1. The molecule has 1 aliphatic carbocycles. The largest absolute Gasteiger partial charge is 0.338 e. The smallest absolute Gasteiger partial charge is 0.246 e. The van der Waals surface area contributed by atoms with Gasteiger partial charge in [0, 0.05) is 49.0 Å². The van der Waals surface area contributed by atoms with Crippen LogP contribution in [-0.4, -0.2) is 46.3 Å². The van der Waals surface area contributed by atoms with Crippen LogP contribution in [0.1, 0.15) is 22.6 Å². The predicted octanol–water partition coefficient (Wildman–Crippen LogP) is 2.15. The molecule has 29 heavy (non-hydrogen) atoms. The van der Waals surface area contributed by atoms with Gasteiger partial charge in [0.15, 0.2) is 0 Å². The fraction of sp³-hybridized carbons (Fsp3) is 0.333. The number of carbonyl (C=O) groups excluding carboxylic acids is 2. The first-order chi connectivity index (χ1) is 14.2. The highest BCUT2D eigenvalue weighted by Crippen LogP contribution is 2.41. The van der Waals surface area contributed by atoms with E-state index in [0.717, 1.165) is 35.6 Å². The summed E-state index contributed by atoms with van der Waals surface area (Å²) in [6.07, 6.45) is 10.2. The van der Waals surface area contributed by atoms with Gasteiger partial charge in [-0.25, -0.2) is 9.97 Å². The number of fused-ring (bicyclic) bond motifs is 2. The lowest BCUT2D eigenvalue weighted by Crippen LogP contribution is -2.27. The van der Waals surface area contributed by atoms with Crippen molar-refractivity contribution in [1.29, 1.82) is 0 Å². The maximum Gasteiger partial charge on any atom is 0.246 e. The molecule has 0 aromatic carbocycles. The number of allylic oxidation sites excluding steroid dienone is 1. The molecule has 0 saturated carbocycles. The first-order valence-electron chi connectivity index (χ1n) is 9.73. The zero-order chi connectivity index (χ0) is 19.8. The summed E-state index contributed by atoms with van der Waals surface area (Å²) < 4.78 is 0. The summed E-state index contributed by atoms with van der Waals surface area (Å²) in [4.78, 5) is 34.9. The first-order valence-corrected chi connectivity index (χ1v) is 10.6. The second kappa shape index (κ2) is 7.53. The number of thiazole rings is 1. The highest BCUT2D eigenvalue weighted by Gasteiger charge is 2.38. The van der Waals surface area contributed by atoms with Crippen molar-refractivity contribution >= 4 is 40.6 Å². The van der Waals surface area contributed by atoms with E-state index in [1.165, 1.54) is 5.57 Å². The van der Waals surface area contributed by atoms with E-state index in [1.54, 1.807) is 29.7 Å². The molecular weight excluding hydrogens is 386 g/mol. The van der Waals surface area contributed by atoms with E-state index in [2.05, 4.69) is 26.7 Å². The number of amides is 2. The van der Waals surface area contributed by atoms with Gasteiger partial charge in [-0.1, -0.05) is 6.08 Å². The molecule has 2 atom stereocenters. The van der Waals surface area contributed by atoms with Gasteiger partial charge in [0.05, 0.1) is 6.54 Å². The number of aromatic nitrogens is 2. The Bertz CT molecular complexity index is 1010. The lowest BCUT2D eigenvalue weighted by atomic mass is 10.00. The van der Waals surface area contributed by atoms with Crippen LogP contribution in [0.2, 0.25) is 0 Å². The van der Waals surface area contributed by atoms with Gasteiger partial charge < -0.3 is 15.5 Å². The Morgan fingerprint density at radius 1 is 1.28 bits per heavy atom. The van der Waals surface area contributed by atoms with Crippen molar-refractivity contribution in [3.8, 4) is 0 Å². The maximum atomic E-state index is 12.7. The molecule has 2 N–H and O–H groups in total. The third kappa shape index (κ3) is 3.73. The molecule has 1 fully saturated rings. The fourth-order valence-electron chi connectivity index (χ4n) is 4.26. The molecule has 2 aromatic heterocycles. The Kier molecular flexibility index (Phi) is 4.73. The molecule has 8 heteroatoms. The normalized spacial score (nSPS) is 23.5. The molecule has 148 valence electrons. The number of carbonyl (C=O) groups is 2. The van der Waals surface area contributed by atoms with Crippen molar-refractivity contribution in [3.63, 3.8) is 0 Å². The molecule has 4 heterocycles. The summed E-state index contributed by atoms with van der Waals surface area (Å²) in [5.41, 5.74) is 3.09. The van der Waals surface area contributed by atoms with Gasteiger partial charge in [-0.2, -0.15) is 0 Å². The Labute approximate surface area is 172 Å². The molecule has 0 spiro atoms. The molecular formula is C21H21N5O2S. The van der Waals surface area contributed by atoms with E-state index in [-0.39, 0.29) is 18.4 Å². The standard InChI is InChI=1S/C21H21N5O2S/c27-18-10-22-9-15-5-13(8-24-20(15)25-18)1-2-19(28)26-11-16-6-14(7-17(16)12-26)21-23-3-4-29-21/h1-6,8,16-17,22H,7,9-12H2,(H,24,25,27). The van der Waals surface area contributed by atoms with Gasteiger partial charge in [-0.3, -0.25) is 9.59 Å². The second-order valence-corrected chi connectivity index (χ2v) is 8.56. The van der Waals surface area contributed by atoms with Crippen molar-refractivity contribution in [1.82, 2.24) is 20.2 Å². The van der Waals surface area contributed by atoms with E-state index in [0.29, 0.717) is 24.2 Å². The summed E-state index contributed by atoms with van der Waals surface area (Å²) in [6.45, 7) is 2.40. The summed E-state index contributed by atoms with van der Waals surface area (Å²) in [7, 11) is 0. The van der Waals surface area contributed by atoms with E-state index in [9.17, 15) is 9.59 Å². The Morgan fingerprint density at radius 2 is 2.21 bits per heavy atom. The number of nitrogens with one attached hydrogen (secondary N) is 2. The van der Waals surface area contributed by atoms with Crippen molar-refractivity contribution in [2.45, 2.75) is 13.0 Å². The Morgan fingerprint density at radius 3 is 3.03 bits per heavy atom. The van der Waals surface area contributed by atoms with Gasteiger partial charge in [-0.15, -0.1) is 11.3 Å². The third-order valence-corrected chi connectivity index (χ3v) is 6.52. The van der Waals surface area contributed by atoms with E-state index < -0.39 is 0 Å². The Balaban J connectivity index is 1.23. The van der Waals surface area contributed by atoms with Crippen molar-refractivity contribution < 1.29 is 9.59 Å². The van der Waals surface area contributed by atoms with Gasteiger partial charge in [-0.05, 0) is 41.5 Å². The summed E-state index contributed by atoms with van der Waals surface area (Å²) in [6, 6.07) is 1.95. The summed E-state index contributed by atoms with van der Waals surface area (Å²) >= 11 is 1.68. The number of anilines is 1. The summed E-state index contributed by atoms with van der Waals surface area (Å²) in [5.74, 6) is 1.44. The number of hydrogen-bond donors (Lipinski definition) is 2. The number of likely N-dealkylation sites (tertiary alicyclic amines) is 1. The monoisotopic (exact) mass is 407 g/mol. The molecule has 1 saturated heterocycles. The molecule has 2 aromatic rings. The van der Waals surface area contributed by atoms with Gasteiger partial charge in [0.25, 0.3) is 0 Å². The van der Waals surface area contributed by atoms with Gasteiger partial charge in [0.1, 0.15) is 10.8 Å². The van der Waals surface area contributed by atoms with Gasteiger partial charge >= 0.3 is 0 Å². The van der Waals surface area contributed by atoms with Crippen molar-refractivity contribution in [3.05, 3.63) is 52.1 Å². The van der Waals surface area contributed by atoms with E-state index >= 15 is 0 Å². The van der Waals surface area contributed by atoms with Crippen LogP contribution in [0.15, 0.2) is 36.0 Å². The quantitative estimate of drug-likeness (QED) is 0.762. The number of rotatable bonds is 3. The second-order valence-electron chi connectivity index (χ2n) is 7.66. The highest BCUT2D eigenvalue weighted by molar-refractivity contribution is 7.10. The van der Waals surface area contributed by atoms with Crippen LogP contribution in [0, 0.1) is 11.8 Å². The van der Waals surface area contributed by atoms with Crippen LogP contribution in [0.4, 0.5) is 5.82 Å². The predicted molar refractivity (Wildman–Crippen MR) is 112 cm³/mol. The van der Waals surface area contributed by atoms with Crippen LogP contribution in [-0.2, 0) is 16.1 Å². The Hall–Kier alpha value is -2.84. The topological polar surface area (TPSA) is 87.2 Å². The van der Waals surface area contributed by atoms with Crippen LogP contribution in [0.3, 0.4) is 0 Å². The highest BCUT2D eigenvalue weighted by atomic mass is 32.1. The molecule has 0 radical (unpaired) electrons.